The monoisotopic (exact) mass is 210 g/mol. The van der Waals surface area contributed by atoms with E-state index in [0.29, 0.717) is 12.0 Å². The number of unbranched alkanes of at least 4 members (excludes halogenated alkanes) is 1. The van der Waals surface area contributed by atoms with Crippen molar-refractivity contribution in [2.24, 2.45) is 11.8 Å². The Bertz CT molecular complexity index is 199. The van der Waals surface area contributed by atoms with Gasteiger partial charge in [0, 0.05) is 13.0 Å². The molecule has 1 unspecified atom stereocenters. The minimum absolute atomic E-state index is 0.451. The lowest BCUT2D eigenvalue weighted by molar-refractivity contribution is 0.0523. The average Bonchev–Trinajstić information content (AvgIpc) is 3.00. The highest BCUT2D eigenvalue weighted by molar-refractivity contribution is 5.04. The fourth-order valence-corrected chi connectivity index (χ4v) is 2.29. The van der Waals surface area contributed by atoms with Crippen LogP contribution in [-0.4, -0.2) is 13.2 Å². The van der Waals surface area contributed by atoms with Crippen LogP contribution in [0.1, 0.15) is 52.9 Å². The van der Waals surface area contributed by atoms with Gasteiger partial charge in [0.05, 0.1) is 6.10 Å². The number of hydrogen-bond acceptors (Lipinski definition) is 1. The van der Waals surface area contributed by atoms with Gasteiger partial charge in [0.2, 0.25) is 0 Å². The lowest BCUT2D eigenvalue weighted by atomic mass is 9.91. The maximum atomic E-state index is 5.67. The van der Waals surface area contributed by atoms with Gasteiger partial charge in [-0.05, 0) is 39.0 Å². The molecule has 0 aromatic carbocycles. The molecule has 0 radical (unpaired) electrons. The standard InChI is InChI=1S/C14H26O/c1-5-6-7-14(15-4)13(10-11(2)3)12-8-9-12/h10,12-14H,5-9H2,1-4H3/t13?,14-/m0/s1. The number of allylic oxidation sites excluding steroid dienone is 1. The zero-order chi connectivity index (χ0) is 11.3. The van der Waals surface area contributed by atoms with E-state index in [0.717, 1.165) is 5.92 Å². The van der Waals surface area contributed by atoms with Crippen LogP contribution in [0.4, 0.5) is 0 Å². The molecule has 1 heteroatoms. The van der Waals surface area contributed by atoms with Crippen LogP contribution in [0.2, 0.25) is 0 Å². The summed E-state index contributed by atoms with van der Waals surface area (Å²) in [6.45, 7) is 6.64. The second-order valence-electron chi connectivity index (χ2n) is 5.08. The molecule has 0 aromatic rings. The quantitative estimate of drug-likeness (QED) is 0.573. The smallest absolute Gasteiger partial charge is 0.0636 e. The third kappa shape index (κ3) is 4.38. The normalized spacial score (nSPS) is 19.7. The van der Waals surface area contributed by atoms with E-state index in [1.807, 2.05) is 7.11 Å². The summed E-state index contributed by atoms with van der Waals surface area (Å²) in [7, 11) is 1.87. The Morgan fingerprint density at radius 3 is 2.47 bits per heavy atom. The van der Waals surface area contributed by atoms with Crippen molar-refractivity contribution >= 4 is 0 Å². The number of methoxy groups -OCH3 is 1. The van der Waals surface area contributed by atoms with Crippen molar-refractivity contribution in [2.45, 2.75) is 59.0 Å². The van der Waals surface area contributed by atoms with E-state index >= 15 is 0 Å². The van der Waals surface area contributed by atoms with Crippen LogP contribution in [0.3, 0.4) is 0 Å². The lowest BCUT2D eigenvalue weighted by Gasteiger charge is -2.24. The van der Waals surface area contributed by atoms with Gasteiger partial charge in [-0.1, -0.05) is 31.4 Å². The number of rotatable bonds is 7. The highest BCUT2D eigenvalue weighted by Crippen LogP contribution is 2.41. The molecular formula is C14H26O. The first-order chi connectivity index (χ1) is 7.19. The summed E-state index contributed by atoms with van der Waals surface area (Å²) in [6.07, 6.45) is 9.47. The molecule has 0 saturated heterocycles. The van der Waals surface area contributed by atoms with Gasteiger partial charge in [-0.15, -0.1) is 0 Å². The molecule has 0 aromatic heterocycles. The molecule has 1 aliphatic carbocycles. The Morgan fingerprint density at radius 2 is 2.07 bits per heavy atom. The van der Waals surface area contributed by atoms with Crippen LogP contribution in [-0.2, 0) is 4.74 Å². The molecule has 15 heavy (non-hydrogen) atoms. The first-order valence-corrected chi connectivity index (χ1v) is 6.36. The molecule has 1 rings (SSSR count). The van der Waals surface area contributed by atoms with Gasteiger partial charge in [-0.3, -0.25) is 0 Å². The number of hydrogen-bond donors (Lipinski definition) is 0. The largest absolute Gasteiger partial charge is 0.381 e. The molecule has 1 saturated carbocycles. The van der Waals surface area contributed by atoms with E-state index in [4.69, 9.17) is 4.74 Å². The maximum absolute atomic E-state index is 5.67. The summed E-state index contributed by atoms with van der Waals surface area (Å²) in [5, 5.41) is 0. The van der Waals surface area contributed by atoms with Crippen LogP contribution in [0.25, 0.3) is 0 Å². The first-order valence-electron chi connectivity index (χ1n) is 6.36. The van der Waals surface area contributed by atoms with Crippen LogP contribution in [0.15, 0.2) is 11.6 Å². The third-order valence-corrected chi connectivity index (χ3v) is 3.27. The highest BCUT2D eigenvalue weighted by atomic mass is 16.5. The zero-order valence-corrected chi connectivity index (χ0v) is 10.8. The zero-order valence-electron chi connectivity index (χ0n) is 10.8. The van der Waals surface area contributed by atoms with Gasteiger partial charge in [0.25, 0.3) is 0 Å². The molecule has 1 nitrogen and oxygen atoms in total. The van der Waals surface area contributed by atoms with Crippen molar-refractivity contribution in [3.63, 3.8) is 0 Å². The van der Waals surface area contributed by atoms with Crippen molar-refractivity contribution < 1.29 is 4.74 Å². The van der Waals surface area contributed by atoms with E-state index in [2.05, 4.69) is 26.8 Å². The third-order valence-electron chi connectivity index (χ3n) is 3.27. The van der Waals surface area contributed by atoms with Crippen molar-refractivity contribution in [2.75, 3.05) is 7.11 Å². The van der Waals surface area contributed by atoms with Crippen molar-refractivity contribution in [1.29, 1.82) is 0 Å². The van der Waals surface area contributed by atoms with Crippen molar-refractivity contribution in [1.82, 2.24) is 0 Å². The molecule has 0 aliphatic heterocycles. The fraction of sp³-hybridized carbons (Fsp3) is 0.857. The van der Waals surface area contributed by atoms with Crippen LogP contribution >= 0.6 is 0 Å². The predicted molar refractivity (Wildman–Crippen MR) is 66.0 cm³/mol. The molecule has 0 bridgehead atoms. The summed E-state index contributed by atoms with van der Waals surface area (Å²) in [5.74, 6) is 1.58. The number of ether oxygens (including phenoxy) is 1. The van der Waals surface area contributed by atoms with E-state index < -0.39 is 0 Å². The molecular weight excluding hydrogens is 184 g/mol. The van der Waals surface area contributed by atoms with Gasteiger partial charge in [0.1, 0.15) is 0 Å². The van der Waals surface area contributed by atoms with E-state index in [9.17, 15) is 0 Å². The summed E-state index contributed by atoms with van der Waals surface area (Å²) in [6, 6.07) is 0. The van der Waals surface area contributed by atoms with Gasteiger partial charge in [-0.25, -0.2) is 0 Å². The minimum atomic E-state index is 0.451. The second-order valence-corrected chi connectivity index (χ2v) is 5.08. The Balaban J connectivity index is 2.54. The van der Waals surface area contributed by atoms with Crippen molar-refractivity contribution in [3.8, 4) is 0 Å². The molecule has 0 amide bonds. The van der Waals surface area contributed by atoms with Gasteiger partial charge in [-0.2, -0.15) is 0 Å². The first kappa shape index (κ1) is 12.8. The molecule has 0 N–H and O–H groups in total. The van der Waals surface area contributed by atoms with Crippen LogP contribution < -0.4 is 0 Å². The lowest BCUT2D eigenvalue weighted by Crippen LogP contribution is -2.23. The average molecular weight is 210 g/mol. The van der Waals surface area contributed by atoms with Crippen LogP contribution in [0, 0.1) is 11.8 Å². The maximum Gasteiger partial charge on any atom is 0.0636 e. The van der Waals surface area contributed by atoms with Crippen LogP contribution in [0.5, 0.6) is 0 Å². The van der Waals surface area contributed by atoms with E-state index in [1.165, 1.54) is 37.7 Å². The summed E-state index contributed by atoms with van der Waals surface area (Å²) >= 11 is 0. The van der Waals surface area contributed by atoms with E-state index in [-0.39, 0.29) is 0 Å². The summed E-state index contributed by atoms with van der Waals surface area (Å²) in [4.78, 5) is 0. The summed E-state index contributed by atoms with van der Waals surface area (Å²) < 4.78 is 5.67. The Kier molecular flexibility index (Phi) is 5.38. The van der Waals surface area contributed by atoms with Crippen molar-refractivity contribution in [3.05, 3.63) is 11.6 Å². The van der Waals surface area contributed by atoms with Gasteiger partial charge >= 0.3 is 0 Å². The van der Waals surface area contributed by atoms with Gasteiger partial charge < -0.3 is 4.74 Å². The molecule has 1 fully saturated rings. The topological polar surface area (TPSA) is 9.23 Å². The van der Waals surface area contributed by atoms with E-state index in [1.54, 1.807) is 0 Å². The predicted octanol–water partition coefficient (Wildman–Crippen LogP) is 4.18. The summed E-state index contributed by atoms with van der Waals surface area (Å²) in [5.41, 5.74) is 1.44. The molecule has 1 aliphatic rings. The molecule has 88 valence electrons. The Morgan fingerprint density at radius 1 is 1.40 bits per heavy atom. The minimum Gasteiger partial charge on any atom is -0.381 e. The Labute approximate surface area is 94.9 Å². The highest BCUT2D eigenvalue weighted by Gasteiger charge is 2.34. The molecule has 0 spiro atoms. The second kappa shape index (κ2) is 6.32. The molecule has 2 atom stereocenters. The van der Waals surface area contributed by atoms with Gasteiger partial charge in [0.15, 0.2) is 0 Å². The fourth-order valence-electron chi connectivity index (χ4n) is 2.29. The molecule has 0 heterocycles. The Hall–Kier alpha value is -0.300. The SMILES string of the molecule is CCCC[C@H](OC)C(C=C(C)C)C1CC1.